The van der Waals surface area contributed by atoms with E-state index in [1.807, 2.05) is 12.1 Å². The van der Waals surface area contributed by atoms with E-state index in [-0.39, 0.29) is 17.5 Å². The Hall–Kier alpha value is -2.11. The zero-order chi connectivity index (χ0) is 19.1. The average Bonchev–Trinajstić information content (AvgIpc) is 3.20. The first kappa shape index (κ1) is 18.3. The number of methoxy groups -OCH3 is 1. The van der Waals surface area contributed by atoms with Gasteiger partial charge in [0.05, 0.1) is 12.7 Å². The molecule has 2 fully saturated rings. The highest BCUT2D eigenvalue weighted by Crippen LogP contribution is 2.44. The van der Waals surface area contributed by atoms with Crippen molar-refractivity contribution in [1.29, 1.82) is 0 Å². The largest absolute Gasteiger partial charge is 0.497 e. The van der Waals surface area contributed by atoms with Crippen LogP contribution in [0, 0.1) is 17.7 Å². The van der Waals surface area contributed by atoms with Crippen molar-refractivity contribution in [2.75, 3.05) is 33.8 Å². The Balaban J connectivity index is 1.55. The molecule has 6 heteroatoms. The highest BCUT2D eigenvalue weighted by molar-refractivity contribution is 6.31. The molecule has 3 atom stereocenters. The fourth-order valence-electron chi connectivity index (χ4n) is 4.56. The minimum Gasteiger partial charge on any atom is -0.497 e. The lowest BCUT2D eigenvalue weighted by atomic mass is 9.89. The summed E-state index contributed by atoms with van der Waals surface area (Å²) in [5, 5.41) is 0.370. The molecule has 0 unspecified atom stereocenters. The van der Waals surface area contributed by atoms with E-state index < -0.39 is 5.82 Å². The molecule has 0 radical (unpaired) electrons. The molecule has 2 aliphatic heterocycles. The van der Waals surface area contributed by atoms with Crippen molar-refractivity contribution >= 4 is 17.5 Å². The standard InChI is InChI=1S/C21H22ClFN2O2/c1-24-10-14-11-25(21(26)17-9-15(22)5-8-19(17)23)12-18(14)20(24)13-3-6-16(27-2)7-4-13/h3-9,14,18,20H,10-12H2,1-2H3/t14-,18+,20-/m0/s1. The second-order valence-corrected chi connectivity index (χ2v) is 7.85. The van der Waals surface area contributed by atoms with Gasteiger partial charge >= 0.3 is 0 Å². The van der Waals surface area contributed by atoms with Gasteiger partial charge in [-0.25, -0.2) is 4.39 Å². The summed E-state index contributed by atoms with van der Waals surface area (Å²) >= 11 is 5.96. The first-order valence-electron chi connectivity index (χ1n) is 9.06. The van der Waals surface area contributed by atoms with Crippen LogP contribution in [0.4, 0.5) is 4.39 Å². The van der Waals surface area contributed by atoms with Gasteiger partial charge in [0.1, 0.15) is 11.6 Å². The lowest BCUT2D eigenvalue weighted by Gasteiger charge is -2.27. The number of benzene rings is 2. The van der Waals surface area contributed by atoms with Crippen molar-refractivity contribution in [3.63, 3.8) is 0 Å². The van der Waals surface area contributed by atoms with Crippen molar-refractivity contribution in [3.05, 3.63) is 64.4 Å². The molecule has 27 heavy (non-hydrogen) atoms. The van der Waals surface area contributed by atoms with Crippen molar-refractivity contribution in [3.8, 4) is 5.75 Å². The van der Waals surface area contributed by atoms with E-state index in [0.717, 1.165) is 12.3 Å². The van der Waals surface area contributed by atoms with Crippen molar-refractivity contribution < 1.29 is 13.9 Å². The molecule has 0 aliphatic carbocycles. The van der Waals surface area contributed by atoms with Gasteiger partial charge in [0.15, 0.2) is 0 Å². The summed E-state index contributed by atoms with van der Waals surface area (Å²) in [7, 11) is 3.78. The summed E-state index contributed by atoms with van der Waals surface area (Å²) in [5.41, 5.74) is 1.27. The predicted molar refractivity (Wildman–Crippen MR) is 103 cm³/mol. The molecule has 2 heterocycles. The lowest BCUT2D eigenvalue weighted by Crippen LogP contribution is -2.33. The van der Waals surface area contributed by atoms with Crippen LogP contribution in [-0.4, -0.2) is 49.5 Å². The summed E-state index contributed by atoms with van der Waals surface area (Å²) in [6, 6.07) is 12.5. The van der Waals surface area contributed by atoms with Crippen LogP contribution in [0.5, 0.6) is 5.75 Å². The summed E-state index contributed by atoms with van der Waals surface area (Å²) in [4.78, 5) is 17.0. The highest BCUT2D eigenvalue weighted by atomic mass is 35.5. The third-order valence-electron chi connectivity index (χ3n) is 5.80. The zero-order valence-corrected chi connectivity index (χ0v) is 16.1. The first-order valence-corrected chi connectivity index (χ1v) is 9.44. The lowest BCUT2D eigenvalue weighted by molar-refractivity contribution is 0.0763. The number of halogens is 2. The third-order valence-corrected chi connectivity index (χ3v) is 6.03. The molecule has 0 saturated carbocycles. The molecular weight excluding hydrogens is 367 g/mol. The quantitative estimate of drug-likeness (QED) is 0.800. The monoisotopic (exact) mass is 388 g/mol. The third kappa shape index (κ3) is 3.30. The molecule has 142 valence electrons. The van der Waals surface area contributed by atoms with Gasteiger partial charge in [-0.2, -0.15) is 0 Å². The second kappa shape index (κ2) is 7.13. The predicted octanol–water partition coefficient (Wildman–Crippen LogP) is 3.86. The number of amides is 1. The summed E-state index contributed by atoms with van der Waals surface area (Å²) in [5.74, 6) is 0.740. The van der Waals surface area contributed by atoms with E-state index in [9.17, 15) is 9.18 Å². The van der Waals surface area contributed by atoms with E-state index >= 15 is 0 Å². The van der Waals surface area contributed by atoms with Crippen LogP contribution in [0.25, 0.3) is 0 Å². The van der Waals surface area contributed by atoms with Crippen LogP contribution in [0.3, 0.4) is 0 Å². The number of carbonyl (C=O) groups excluding carboxylic acids is 1. The Morgan fingerprint density at radius 3 is 2.59 bits per heavy atom. The van der Waals surface area contributed by atoms with Gasteiger partial charge in [-0.1, -0.05) is 23.7 Å². The Morgan fingerprint density at radius 2 is 1.89 bits per heavy atom. The Bertz CT molecular complexity index is 858. The Kier molecular flexibility index (Phi) is 4.82. The number of fused-ring (bicyclic) bond motifs is 1. The van der Waals surface area contributed by atoms with Crippen LogP contribution in [-0.2, 0) is 0 Å². The van der Waals surface area contributed by atoms with Crippen molar-refractivity contribution in [2.24, 2.45) is 11.8 Å². The fourth-order valence-corrected chi connectivity index (χ4v) is 4.73. The number of hydrogen-bond donors (Lipinski definition) is 0. The second-order valence-electron chi connectivity index (χ2n) is 7.42. The SMILES string of the molecule is COc1ccc([C@H]2[C@@H]3CN(C(=O)c4cc(Cl)ccc4F)C[C@@H]3CN2C)cc1. The number of hydrogen-bond acceptors (Lipinski definition) is 3. The van der Waals surface area contributed by atoms with Gasteiger partial charge in [0, 0.05) is 36.6 Å². The maximum absolute atomic E-state index is 14.1. The van der Waals surface area contributed by atoms with Crippen LogP contribution in [0.2, 0.25) is 5.02 Å². The molecule has 0 aromatic heterocycles. The topological polar surface area (TPSA) is 32.8 Å². The van der Waals surface area contributed by atoms with Crippen LogP contribution >= 0.6 is 11.6 Å². The molecule has 4 rings (SSSR count). The molecule has 2 aliphatic rings. The normalized spacial score (nSPS) is 24.9. The molecule has 0 bridgehead atoms. The zero-order valence-electron chi connectivity index (χ0n) is 15.4. The first-order chi connectivity index (χ1) is 13.0. The molecule has 1 amide bonds. The molecule has 2 aromatic carbocycles. The van der Waals surface area contributed by atoms with E-state index in [1.165, 1.54) is 23.8 Å². The average molecular weight is 389 g/mol. The Labute approximate surface area is 163 Å². The number of rotatable bonds is 3. The van der Waals surface area contributed by atoms with Gasteiger partial charge < -0.3 is 9.64 Å². The van der Waals surface area contributed by atoms with Gasteiger partial charge in [0.2, 0.25) is 0 Å². The van der Waals surface area contributed by atoms with Crippen LogP contribution < -0.4 is 4.74 Å². The van der Waals surface area contributed by atoms with Gasteiger partial charge in [-0.15, -0.1) is 0 Å². The molecule has 2 saturated heterocycles. The number of likely N-dealkylation sites (tertiary alicyclic amines) is 2. The van der Waals surface area contributed by atoms with Gasteiger partial charge in [-0.05, 0) is 48.9 Å². The van der Waals surface area contributed by atoms with E-state index in [2.05, 4.69) is 24.1 Å². The number of ether oxygens (including phenoxy) is 1. The Morgan fingerprint density at radius 1 is 1.15 bits per heavy atom. The van der Waals surface area contributed by atoms with Crippen molar-refractivity contribution in [1.82, 2.24) is 9.80 Å². The molecule has 4 nitrogen and oxygen atoms in total. The van der Waals surface area contributed by atoms with E-state index in [1.54, 1.807) is 12.0 Å². The van der Waals surface area contributed by atoms with Gasteiger partial charge in [0.25, 0.3) is 5.91 Å². The van der Waals surface area contributed by atoms with Gasteiger partial charge in [-0.3, -0.25) is 9.69 Å². The summed E-state index contributed by atoms with van der Waals surface area (Å²) in [6.45, 7) is 2.19. The molecular formula is C21H22ClFN2O2. The highest BCUT2D eigenvalue weighted by Gasteiger charge is 2.47. The maximum atomic E-state index is 14.1. The molecule has 0 N–H and O–H groups in total. The summed E-state index contributed by atoms with van der Waals surface area (Å²) < 4.78 is 19.4. The van der Waals surface area contributed by atoms with Crippen LogP contribution in [0.1, 0.15) is 22.0 Å². The molecule has 2 aromatic rings. The fraction of sp³-hybridized carbons (Fsp3) is 0.381. The molecule has 0 spiro atoms. The van der Waals surface area contributed by atoms with Crippen LogP contribution in [0.15, 0.2) is 42.5 Å². The number of nitrogens with zero attached hydrogens (tertiary/aromatic N) is 2. The minimum atomic E-state index is -0.523. The summed E-state index contributed by atoms with van der Waals surface area (Å²) in [6.07, 6.45) is 0. The van der Waals surface area contributed by atoms with Crippen molar-refractivity contribution in [2.45, 2.75) is 6.04 Å². The van der Waals surface area contributed by atoms with E-state index in [0.29, 0.717) is 29.9 Å². The smallest absolute Gasteiger partial charge is 0.256 e. The minimum absolute atomic E-state index is 0.0526. The number of carbonyl (C=O) groups is 1. The van der Waals surface area contributed by atoms with E-state index in [4.69, 9.17) is 16.3 Å². The maximum Gasteiger partial charge on any atom is 0.256 e.